The van der Waals surface area contributed by atoms with Crippen LogP contribution in [0, 0.1) is 0 Å². The molecule has 0 radical (unpaired) electrons. The minimum Gasteiger partial charge on any atom is -0.480 e. The topological polar surface area (TPSA) is 101 Å². The molecule has 0 bridgehead atoms. The highest BCUT2D eigenvalue weighted by Crippen LogP contribution is 2.40. The third kappa shape index (κ3) is 1.89. The van der Waals surface area contributed by atoms with Crippen LogP contribution < -0.4 is 5.73 Å². The molecule has 1 aliphatic rings. The number of nitrogens with two attached hydrogens (primary N) is 1. The Morgan fingerprint density at radius 3 is 2.33 bits per heavy atom. The molecule has 5 nitrogen and oxygen atoms in total. The second-order valence-corrected chi connectivity index (χ2v) is 4.41. The molecule has 1 aromatic rings. The van der Waals surface area contributed by atoms with Crippen LogP contribution >= 0.6 is 0 Å². The Hall–Kier alpha value is -2.14. The zero-order valence-corrected chi connectivity index (χ0v) is 9.54. The van der Waals surface area contributed by atoms with Crippen LogP contribution in [0.25, 0.3) is 0 Å². The fourth-order valence-corrected chi connectivity index (χ4v) is 2.24. The lowest BCUT2D eigenvalue weighted by Gasteiger charge is -2.26. The number of hydrogen-bond donors (Lipinski definition) is 3. The molecule has 2 atom stereocenters. The van der Waals surface area contributed by atoms with Crippen molar-refractivity contribution >= 4 is 11.9 Å². The van der Waals surface area contributed by atoms with Crippen LogP contribution in [0.5, 0.6) is 0 Å². The Morgan fingerprint density at radius 2 is 1.83 bits per heavy atom. The number of hydrogen-bond acceptors (Lipinski definition) is 3. The Balaban J connectivity index is 2.47. The molecule has 94 valence electrons. The Labute approximate surface area is 104 Å². The van der Waals surface area contributed by atoms with Crippen LogP contribution in [-0.2, 0) is 9.59 Å². The van der Waals surface area contributed by atoms with Crippen molar-refractivity contribution in [2.45, 2.75) is 17.9 Å². The average Bonchev–Trinajstić information content (AvgIpc) is 2.70. The number of rotatable bonds is 3. The molecule has 0 heterocycles. The molecule has 5 heteroatoms. The van der Waals surface area contributed by atoms with Gasteiger partial charge in [-0.15, -0.1) is 0 Å². The monoisotopic (exact) mass is 247 g/mol. The summed E-state index contributed by atoms with van der Waals surface area (Å²) in [6, 6.07) is 8.83. The van der Waals surface area contributed by atoms with E-state index in [1.807, 2.05) is 0 Å². The molecule has 4 N–H and O–H groups in total. The molecule has 0 saturated carbocycles. The van der Waals surface area contributed by atoms with Gasteiger partial charge in [0.25, 0.3) is 0 Å². The van der Waals surface area contributed by atoms with Crippen LogP contribution in [0.1, 0.15) is 17.9 Å². The molecule has 1 aromatic carbocycles. The smallest absolute Gasteiger partial charge is 0.331 e. The molecule has 18 heavy (non-hydrogen) atoms. The lowest BCUT2D eigenvalue weighted by atomic mass is 9.82. The Morgan fingerprint density at radius 1 is 1.22 bits per heavy atom. The minimum absolute atomic E-state index is 0.0498. The number of benzene rings is 1. The average molecular weight is 247 g/mol. The molecule has 2 rings (SSSR count). The minimum atomic E-state index is -1.59. The van der Waals surface area contributed by atoms with Crippen LogP contribution in [-0.4, -0.2) is 27.7 Å². The third-order valence-electron chi connectivity index (χ3n) is 3.24. The van der Waals surface area contributed by atoms with Gasteiger partial charge in [-0.2, -0.15) is 0 Å². The predicted octanol–water partition coefficient (Wildman–Crippen LogP) is 0.967. The summed E-state index contributed by atoms with van der Waals surface area (Å²) in [5.74, 6) is -2.93. The lowest BCUT2D eigenvalue weighted by molar-refractivity contribution is -0.143. The van der Waals surface area contributed by atoms with E-state index in [-0.39, 0.29) is 12.0 Å². The summed E-state index contributed by atoms with van der Waals surface area (Å²) in [5.41, 5.74) is 5.06. The van der Waals surface area contributed by atoms with E-state index in [2.05, 4.69) is 0 Å². The van der Waals surface area contributed by atoms with E-state index in [0.29, 0.717) is 5.56 Å². The second-order valence-electron chi connectivity index (χ2n) is 4.41. The first-order valence-corrected chi connectivity index (χ1v) is 5.46. The largest absolute Gasteiger partial charge is 0.480 e. The van der Waals surface area contributed by atoms with Gasteiger partial charge in [-0.05, 0) is 5.56 Å². The van der Waals surface area contributed by atoms with Crippen molar-refractivity contribution in [3.63, 3.8) is 0 Å². The van der Waals surface area contributed by atoms with Gasteiger partial charge in [0, 0.05) is 17.9 Å². The fourth-order valence-electron chi connectivity index (χ4n) is 2.24. The highest BCUT2D eigenvalue weighted by atomic mass is 16.4. The van der Waals surface area contributed by atoms with E-state index in [4.69, 9.17) is 10.8 Å². The molecule has 0 amide bonds. The van der Waals surface area contributed by atoms with Crippen molar-refractivity contribution in [2.24, 2.45) is 5.73 Å². The van der Waals surface area contributed by atoms with Gasteiger partial charge in [0.1, 0.15) is 5.54 Å². The standard InChI is InChI=1S/C13H13NO4/c14-13(12(17)18)7-9(11(15)16)6-10(13)8-4-2-1-3-5-8/h1-6,10H,7,14H2,(H,15,16)(H,17,18)/t10-,13+/m1/s1. The van der Waals surface area contributed by atoms with E-state index in [0.717, 1.165) is 0 Å². The van der Waals surface area contributed by atoms with Crippen molar-refractivity contribution in [3.05, 3.63) is 47.5 Å². The number of carboxylic acid groups (broad SMARTS) is 2. The van der Waals surface area contributed by atoms with Crippen molar-refractivity contribution in [2.75, 3.05) is 0 Å². The van der Waals surface area contributed by atoms with Gasteiger partial charge in [0.05, 0.1) is 0 Å². The normalized spacial score (nSPS) is 26.7. The van der Waals surface area contributed by atoms with Gasteiger partial charge in [-0.3, -0.25) is 4.79 Å². The van der Waals surface area contributed by atoms with Crippen molar-refractivity contribution in [1.29, 1.82) is 0 Å². The van der Waals surface area contributed by atoms with Gasteiger partial charge in [0.2, 0.25) is 0 Å². The summed E-state index contributed by atoms with van der Waals surface area (Å²) < 4.78 is 0. The maximum absolute atomic E-state index is 11.3. The number of carboxylic acids is 2. The van der Waals surface area contributed by atoms with E-state index in [1.165, 1.54) is 6.08 Å². The number of carbonyl (C=O) groups is 2. The second kappa shape index (κ2) is 4.27. The van der Waals surface area contributed by atoms with Crippen LogP contribution in [0.15, 0.2) is 42.0 Å². The van der Waals surface area contributed by atoms with E-state index in [9.17, 15) is 14.7 Å². The maximum atomic E-state index is 11.3. The molecule has 1 aliphatic carbocycles. The van der Waals surface area contributed by atoms with Gasteiger partial charge in [0.15, 0.2) is 0 Å². The van der Waals surface area contributed by atoms with Gasteiger partial charge < -0.3 is 15.9 Å². The predicted molar refractivity (Wildman–Crippen MR) is 64.1 cm³/mol. The summed E-state index contributed by atoms with van der Waals surface area (Å²) in [4.78, 5) is 22.3. The molecule has 0 saturated heterocycles. The van der Waals surface area contributed by atoms with Crippen LogP contribution in [0.4, 0.5) is 0 Å². The molecular formula is C13H13NO4. The van der Waals surface area contributed by atoms with Crippen molar-refractivity contribution in [3.8, 4) is 0 Å². The number of aliphatic carboxylic acids is 2. The first kappa shape index (κ1) is 12.3. The first-order valence-electron chi connectivity index (χ1n) is 5.46. The molecule has 0 aromatic heterocycles. The molecular weight excluding hydrogens is 234 g/mol. The highest BCUT2D eigenvalue weighted by molar-refractivity contribution is 5.92. The summed E-state index contributed by atoms with van der Waals surface area (Å²) in [5, 5.41) is 18.2. The van der Waals surface area contributed by atoms with E-state index in [1.54, 1.807) is 30.3 Å². The van der Waals surface area contributed by atoms with Crippen molar-refractivity contribution < 1.29 is 19.8 Å². The molecule has 0 fully saturated rings. The summed E-state index contributed by atoms with van der Waals surface area (Å²) in [7, 11) is 0. The molecule has 0 spiro atoms. The SMILES string of the molecule is N[C@@]1(C(=O)O)CC(C(=O)O)=C[C@@H]1c1ccccc1. The quantitative estimate of drug-likeness (QED) is 0.738. The van der Waals surface area contributed by atoms with E-state index < -0.39 is 23.4 Å². The van der Waals surface area contributed by atoms with E-state index >= 15 is 0 Å². The van der Waals surface area contributed by atoms with Crippen LogP contribution in [0.3, 0.4) is 0 Å². The maximum Gasteiger partial charge on any atom is 0.331 e. The molecule has 0 unspecified atom stereocenters. The van der Waals surface area contributed by atoms with Gasteiger partial charge in [-0.25, -0.2) is 4.79 Å². The Kier molecular flexibility index (Phi) is 2.92. The molecule has 0 aliphatic heterocycles. The first-order chi connectivity index (χ1) is 8.45. The zero-order valence-electron chi connectivity index (χ0n) is 9.54. The Bertz CT molecular complexity index is 523. The lowest BCUT2D eigenvalue weighted by Crippen LogP contribution is -2.50. The van der Waals surface area contributed by atoms with Crippen LogP contribution in [0.2, 0.25) is 0 Å². The van der Waals surface area contributed by atoms with Gasteiger partial charge >= 0.3 is 11.9 Å². The fraction of sp³-hybridized carbons (Fsp3) is 0.231. The zero-order chi connectivity index (χ0) is 13.3. The summed E-state index contributed by atoms with van der Waals surface area (Å²) in [6.45, 7) is 0. The van der Waals surface area contributed by atoms with Gasteiger partial charge in [-0.1, -0.05) is 36.4 Å². The third-order valence-corrected chi connectivity index (χ3v) is 3.24. The van der Waals surface area contributed by atoms with Crippen molar-refractivity contribution in [1.82, 2.24) is 0 Å². The summed E-state index contributed by atoms with van der Waals surface area (Å²) in [6.07, 6.45) is 1.27. The highest BCUT2D eigenvalue weighted by Gasteiger charge is 2.48. The summed E-state index contributed by atoms with van der Waals surface area (Å²) >= 11 is 0.